The highest BCUT2D eigenvalue weighted by molar-refractivity contribution is 5.42. The Hall–Kier alpha value is -1.02. The molecule has 0 radical (unpaired) electrons. The van der Waals surface area contributed by atoms with Crippen molar-refractivity contribution in [1.82, 2.24) is 5.32 Å². The number of aryl methyl sites for hydroxylation is 2. The molecule has 0 amide bonds. The molecule has 1 aromatic carbocycles. The average Bonchev–Trinajstić information content (AvgIpc) is 2.33. The molecule has 0 aliphatic rings. The van der Waals surface area contributed by atoms with E-state index in [4.69, 9.17) is 4.74 Å². The van der Waals surface area contributed by atoms with E-state index >= 15 is 0 Å². The highest BCUT2D eigenvalue weighted by atomic mass is 16.5. The second kappa shape index (κ2) is 6.65. The molecule has 1 N–H and O–H groups in total. The first-order valence-electron chi connectivity index (χ1n) is 6.46. The molecule has 0 fully saturated rings. The van der Waals surface area contributed by atoms with Crippen molar-refractivity contribution in [3.05, 3.63) is 28.8 Å². The molecule has 2 nitrogen and oxygen atoms in total. The van der Waals surface area contributed by atoms with E-state index in [1.807, 2.05) is 7.05 Å². The Labute approximate surface area is 105 Å². The Kier molecular flexibility index (Phi) is 5.49. The number of ether oxygens (including phenoxy) is 1. The summed E-state index contributed by atoms with van der Waals surface area (Å²) in [6, 6.07) is 4.85. The number of methoxy groups -OCH3 is 1. The average molecular weight is 235 g/mol. The lowest BCUT2D eigenvalue weighted by Gasteiger charge is -2.20. The van der Waals surface area contributed by atoms with Crippen LogP contribution in [0.15, 0.2) is 12.1 Å². The first-order chi connectivity index (χ1) is 8.13. The lowest BCUT2D eigenvalue weighted by Crippen LogP contribution is -2.17. The van der Waals surface area contributed by atoms with Gasteiger partial charge in [-0.1, -0.05) is 25.8 Å². The van der Waals surface area contributed by atoms with Crippen LogP contribution in [0.2, 0.25) is 0 Å². The van der Waals surface area contributed by atoms with Crippen LogP contribution in [-0.4, -0.2) is 14.2 Å². The molecule has 1 unspecified atom stereocenters. The van der Waals surface area contributed by atoms with E-state index in [0.29, 0.717) is 6.04 Å². The molecule has 0 saturated heterocycles. The van der Waals surface area contributed by atoms with Gasteiger partial charge in [-0.3, -0.25) is 0 Å². The summed E-state index contributed by atoms with van der Waals surface area (Å²) in [6.45, 7) is 6.50. The van der Waals surface area contributed by atoms with Gasteiger partial charge in [0.25, 0.3) is 0 Å². The second-order valence-electron chi connectivity index (χ2n) is 4.66. The smallest absolute Gasteiger partial charge is 0.122 e. The van der Waals surface area contributed by atoms with Gasteiger partial charge < -0.3 is 10.1 Å². The number of benzene rings is 1. The van der Waals surface area contributed by atoms with Crippen molar-refractivity contribution >= 4 is 0 Å². The quantitative estimate of drug-likeness (QED) is 0.810. The zero-order valence-corrected chi connectivity index (χ0v) is 11.8. The van der Waals surface area contributed by atoms with Gasteiger partial charge in [-0.05, 0) is 50.1 Å². The van der Waals surface area contributed by atoms with Gasteiger partial charge in [-0.25, -0.2) is 0 Å². The maximum atomic E-state index is 5.35. The van der Waals surface area contributed by atoms with Crippen molar-refractivity contribution in [2.45, 2.75) is 46.1 Å². The third-order valence-electron chi connectivity index (χ3n) is 3.35. The van der Waals surface area contributed by atoms with E-state index in [2.05, 4.69) is 38.2 Å². The van der Waals surface area contributed by atoms with E-state index in [-0.39, 0.29) is 0 Å². The fraction of sp³-hybridized carbons (Fsp3) is 0.600. The minimum atomic E-state index is 0.458. The third-order valence-corrected chi connectivity index (χ3v) is 3.35. The van der Waals surface area contributed by atoms with Gasteiger partial charge >= 0.3 is 0 Å². The minimum Gasteiger partial charge on any atom is -0.496 e. The Bertz CT molecular complexity index is 360. The van der Waals surface area contributed by atoms with Crippen molar-refractivity contribution in [1.29, 1.82) is 0 Å². The second-order valence-corrected chi connectivity index (χ2v) is 4.66. The van der Waals surface area contributed by atoms with Gasteiger partial charge in [0, 0.05) is 6.04 Å². The van der Waals surface area contributed by atoms with E-state index in [0.717, 1.165) is 5.75 Å². The highest BCUT2D eigenvalue weighted by Gasteiger charge is 2.13. The number of nitrogens with one attached hydrogen (secondary N) is 1. The molecular weight excluding hydrogens is 210 g/mol. The van der Waals surface area contributed by atoms with Crippen LogP contribution >= 0.6 is 0 Å². The predicted molar refractivity (Wildman–Crippen MR) is 73.8 cm³/mol. The van der Waals surface area contributed by atoms with Crippen LogP contribution in [0.25, 0.3) is 0 Å². The van der Waals surface area contributed by atoms with Gasteiger partial charge in [0.1, 0.15) is 5.75 Å². The third kappa shape index (κ3) is 3.47. The summed E-state index contributed by atoms with van der Waals surface area (Å²) in [6.07, 6.45) is 3.70. The normalized spacial score (nSPS) is 12.5. The molecule has 1 aromatic rings. The zero-order chi connectivity index (χ0) is 12.8. The van der Waals surface area contributed by atoms with Gasteiger partial charge in [0.2, 0.25) is 0 Å². The van der Waals surface area contributed by atoms with Gasteiger partial charge in [0.05, 0.1) is 7.11 Å². The Morgan fingerprint density at radius 2 is 1.94 bits per heavy atom. The fourth-order valence-corrected chi connectivity index (χ4v) is 2.27. The van der Waals surface area contributed by atoms with E-state index in [9.17, 15) is 0 Å². The summed E-state index contributed by atoms with van der Waals surface area (Å²) >= 11 is 0. The standard InChI is InChI=1S/C15H25NO/c1-6-7-8-14(16-4)13-9-12(3)15(17-5)10-11(13)2/h9-10,14,16H,6-8H2,1-5H3. The summed E-state index contributed by atoms with van der Waals surface area (Å²) in [4.78, 5) is 0. The summed E-state index contributed by atoms with van der Waals surface area (Å²) in [7, 11) is 3.77. The van der Waals surface area contributed by atoms with Crippen molar-refractivity contribution < 1.29 is 4.74 Å². The molecule has 0 saturated carbocycles. The van der Waals surface area contributed by atoms with Crippen molar-refractivity contribution in [2.24, 2.45) is 0 Å². The van der Waals surface area contributed by atoms with E-state index in [1.165, 1.54) is 36.0 Å². The lowest BCUT2D eigenvalue weighted by atomic mass is 9.95. The van der Waals surface area contributed by atoms with Gasteiger partial charge in [-0.15, -0.1) is 0 Å². The van der Waals surface area contributed by atoms with E-state index < -0.39 is 0 Å². The van der Waals surface area contributed by atoms with Crippen LogP contribution in [0.3, 0.4) is 0 Å². The van der Waals surface area contributed by atoms with Crippen molar-refractivity contribution in [3.8, 4) is 5.75 Å². The topological polar surface area (TPSA) is 21.3 Å². The predicted octanol–water partition coefficient (Wildman–Crippen LogP) is 3.76. The molecule has 0 bridgehead atoms. The fourth-order valence-electron chi connectivity index (χ4n) is 2.27. The largest absolute Gasteiger partial charge is 0.496 e. The molecule has 1 atom stereocenters. The van der Waals surface area contributed by atoms with E-state index in [1.54, 1.807) is 7.11 Å². The summed E-state index contributed by atoms with van der Waals surface area (Å²) in [5.74, 6) is 0.983. The number of hydrogen-bond acceptors (Lipinski definition) is 2. The number of unbranched alkanes of at least 4 members (excludes halogenated alkanes) is 1. The molecule has 17 heavy (non-hydrogen) atoms. The Balaban J connectivity index is 2.99. The monoisotopic (exact) mass is 235 g/mol. The highest BCUT2D eigenvalue weighted by Crippen LogP contribution is 2.28. The van der Waals surface area contributed by atoms with Gasteiger partial charge in [0.15, 0.2) is 0 Å². The molecule has 0 aromatic heterocycles. The van der Waals surface area contributed by atoms with Crippen molar-refractivity contribution in [3.63, 3.8) is 0 Å². The molecule has 2 heteroatoms. The SMILES string of the molecule is CCCCC(NC)c1cc(C)c(OC)cc1C. The van der Waals surface area contributed by atoms with Crippen LogP contribution in [0, 0.1) is 13.8 Å². The molecule has 0 heterocycles. The first-order valence-corrected chi connectivity index (χ1v) is 6.46. The molecule has 0 aliphatic heterocycles. The first kappa shape index (κ1) is 14.0. The maximum Gasteiger partial charge on any atom is 0.122 e. The Morgan fingerprint density at radius 3 is 2.47 bits per heavy atom. The molecule has 96 valence electrons. The van der Waals surface area contributed by atoms with Crippen LogP contribution < -0.4 is 10.1 Å². The summed E-state index contributed by atoms with van der Waals surface area (Å²) < 4.78 is 5.35. The maximum absolute atomic E-state index is 5.35. The summed E-state index contributed by atoms with van der Waals surface area (Å²) in [5.41, 5.74) is 3.92. The molecule has 0 spiro atoms. The number of hydrogen-bond donors (Lipinski definition) is 1. The van der Waals surface area contributed by atoms with Crippen LogP contribution in [0.1, 0.15) is 48.9 Å². The van der Waals surface area contributed by atoms with Crippen molar-refractivity contribution in [2.75, 3.05) is 14.2 Å². The molecule has 0 aliphatic carbocycles. The van der Waals surface area contributed by atoms with Crippen LogP contribution in [0.5, 0.6) is 5.75 Å². The summed E-state index contributed by atoms with van der Waals surface area (Å²) in [5, 5.41) is 3.42. The molecular formula is C15H25NO. The van der Waals surface area contributed by atoms with Crippen LogP contribution in [-0.2, 0) is 0 Å². The van der Waals surface area contributed by atoms with Crippen LogP contribution in [0.4, 0.5) is 0 Å². The lowest BCUT2D eigenvalue weighted by molar-refractivity contribution is 0.410. The molecule has 1 rings (SSSR count). The number of rotatable bonds is 6. The zero-order valence-electron chi connectivity index (χ0n) is 11.8. The van der Waals surface area contributed by atoms with Gasteiger partial charge in [-0.2, -0.15) is 0 Å². The Morgan fingerprint density at radius 1 is 1.24 bits per heavy atom. The minimum absolute atomic E-state index is 0.458.